The third-order valence-electron chi connectivity index (χ3n) is 6.52. The number of benzodiazepines with no additional fused rings is 1. The Hall–Kier alpha value is -3.15. The van der Waals surface area contributed by atoms with Crippen LogP contribution in [0.2, 0.25) is 10.0 Å². The van der Waals surface area contributed by atoms with Crippen LogP contribution in [0.1, 0.15) is 43.9 Å². The van der Waals surface area contributed by atoms with Gasteiger partial charge in [-0.15, -0.1) is 0 Å². The zero-order chi connectivity index (χ0) is 25.8. The van der Waals surface area contributed by atoms with Gasteiger partial charge in [0.15, 0.2) is 0 Å². The largest absolute Gasteiger partial charge is 0.325 e. The number of carbonyl (C=O) groups is 2. The zero-order valence-electron chi connectivity index (χ0n) is 20.6. The van der Waals surface area contributed by atoms with E-state index in [9.17, 15) is 9.59 Å². The summed E-state index contributed by atoms with van der Waals surface area (Å²) in [6.07, 6.45) is 1.61. The molecule has 1 aliphatic heterocycles. The molecule has 1 heterocycles. The molecule has 1 aliphatic rings. The molecule has 36 heavy (non-hydrogen) atoms. The second kappa shape index (κ2) is 11.3. The highest BCUT2D eigenvalue weighted by Crippen LogP contribution is 2.34. The maximum absolute atomic E-state index is 13.9. The lowest BCUT2D eigenvalue weighted by Crippen LogP contribution is -2.44. The van der Waals surface area contributed by atoms with Gasteiger partial charge in [0.25, 0.3) is 5.91 Å². The van der Waals surface area contributed by atoms with Gasteiger partial charge in [0.1, 0.15) is 12.6 Å². The van der Waals surface area contributed by atoms with E-state index in [1.165, 1.54) is 4.90 Å². The Morgan fingerprint density at radius 1 is 1.03 bits per heavy atom. The van der Waals surface area contributed by atoms with E-state index < -0.39 is 6.04 Å². The minimum Gasteiger partial charge on any atom is -0.325 e. The fourth-order valence-electron chi connectivity index (χ4n) is 4.31. The molecule has 1 N–H and O–H groups in total. The number of nitrogens with one attached hydrogen (secondary N) is 1. The van der Waals surface area contributed by atoms with Crippen LogP contribution in [0.3, 0.4) is 0 Å². The number of nitrogens with zero attached hydrogens (tertiary/aromatic N) is 2. The molecule has 0 spiro atoms. The average molecular weight is 522 g/mol. The van der Waals surface area contributed by atoms with Crippen LogP contribution < -0.4 is 10.2 Å². The number of fused-ring (bicyclic) bond motifs is 1. The van der Waals surface area contributed by atoms with Crippen molar-refractivity contribution in [3.05, 3.63) is 93.5 Å². The first-order valence-corrected chi connectivity index (χ1v) is 12.9. The predicted molar refractivity (Wildman–Crippen MR) is 149 cm³/mol. The standard InChI is InChI=1S/C29H29Cl2N3O2/c1-4-18(3)27-29(36)34(17-26(35)32-21-10-8-9-19(5-2)15-21)25-14-13-20(30)16-23(25)28(33-27)22-11-6-7-12-24(22)31/h6-16,18,27H,4-5,17H2,1-3H3,(H,32,35)/t18-,27+/m1/s1. The second-order valence-electron chi connectivity index (χ2n) is 8.98. The smallest absolute Gasteiger partial charge is 0.252 e. The Kier molecular flexibility index (Phi) is 8.12. The van der Waals surface area contributed by atoms with Crippen molar-refractivity contribution in [1.29, 1.82) is 0 Å². The van der Waals surface area contributed by atoms with Gasteiger partial charge >= 0.3 is 0 Å². The van der Waals surface area contributed by atoms with Crippen LogP contribution in [-0.2, 0) is 16.0 Å². The van der Waals surface area contributed by atoms with Crippen LogP contribution in [0, 0.1) is 5.92 Å². The summed E-state index contributed by atoms with van der Waals surface area (Å²) in [6.45, 7) is 5.93. The lowest BCUT2D eigenvalue weighted by Gasteiger charge is -2.26. The molecule has 2 amide bonds. The van der Waals surface area contributed by atoms with Crippen molar-refractivity contribution in [3.8, 4) is 0 Å². The monoisotopic (exact) mass is 521 g/mol. The lowest BCUT2D eigenvalue weighted by molar-refractivity contribution is -0.123. The van der Waals surface area contributed by atoms with E-state index in [0.29, 0.717) is 38.3 Å². The minimum atomic E-state index is -0.677. The molecule has 0 aromatic heterocycles. The molecule has 7 heteroatoms. The summed E-state index contributed by atoms with van der Waals surface area (Å²) in [5.74, 6) is -0.569. The SMILES string of the molecule is CCc1cccc(NC(=O)CN2C(=O)[C@H]([C@H](C)CC)N=C(c3ccccc3Cl)c3cc(Cl)ccc32)c1. The van der Waals surface area contributed by atoms with Crippen molar-refractivity contribution in [2.45, 2.75) is 39.7 Å². The first-order valence-electron chi connectivity index (χ1n) is 12.1. The summed E-state index contributed by atoms with van der Waals surface area (Å²) >= 11 is 13.0. The van der Waals surface area contributed by atoms with E-state index in [1.807, 2.05) is 56.3 Å². The molecule has 0 unspecified atom stereocenters. The van der Waals surface area contributed by atoms with Crippen LogP contribution in [0.4, 0.5) is 11.4 Å². The van der Waals surface area contributed by atoms with Gasteiger partial charge in [-0.1, -0.05) is 80.7 Å². The topological polar surface area (TPSA) is 61.8 Å². The van der Waals surface area contributed by atoms with Crippen LogP contribution in [0.15, 0.2) is 71.7 Å². The molecule has 3 aromatic carbocycles. The molecule has 0 bridgehead atoms. The minimum absolute atomic E-state index is 0.0495. The van der Waals surface area contributed by atoms with Gasteiger partial charge in [-0.25, -0.2) is 0 Å². The van der Waals surface area contributed by atoms with E-state index >= 15 is 0 Å². The highest BCUT2D eigenvalue weighted by atomic mass is 35.5. The van der Waals surface area contributed by atoms with Crippen molar-refractivity contribution >= 4 is 52.1 Å². The quantitative estimate of drug-likeness (QED) is 0.371. The second-order valence-corrected chi connectivity index (χ2v) is 9.82. The Balaban J connectivity index is 1.79. The fourth-order valence-corrected chi connectivity index (χ4v) is 4.71. The maximum Gasteiger partial charge on any atom is 0.252 e. The third kappa shape index (κ3) is 5.48. The van der Waals surface area contributed by atoms with Crippen molar-refractivity contribution < 1.29 is 9.59 Å². The number of aliphatic imine (C=N–C) groups is 1. The van der Waals surface area contributed by atoms with Crippen molar-refractivity contribution in [2.24, 2.45) is 10.9 Å². The van der Waals surface area contributed by atoms with E-state index in [2.05, 4.69) is 12.2 Å². The molecule has 0 aliphatic carbocycles. The molecule has 0 saturated heterocycles. The number of hydrogen-bond acceptors (Lipinski definition) is 3. The molecule has 5 nitrogen and oxygen atoms in total. The number of anilines is 2. The number of rotatable bonds is 7. The first kappa shape index (κ1) is 25.9. The van der Waals surface area contributed by atoms with Gasteiger partial charge in [0.05, 0.1) is 11.4 Å². The summed E-state index contributed by atoms with van der Waals surface area (Å²) in [6, 6.07) is 19.7. The van der Waals surface area contributed by atoms with Crippen molar-refractivity contribution in [1.82, 2.24) is 0 Å². The van der Waals surface area contributed by atoms with Gasteiger partial charge in [0.2, 0.25) is 5.91 Å². The highest BCUT2D eigenvalue weighted by molar-refractivity contribution is 6.37. The Morgan fingerprint density at radius 3 is 2.53 bits per heavy atom. The molecule has 4 rings (SSSR count). The number of benzene rings is 3. The molecule has 0 radical (unpaired) electrons. The van der Waals surface area contributed by atoms with Crippen molar-refractivity contribution in [3.63, 3.8) is 0 Å². The molecular weight excluding hydrogens is 493 g/mol. The van der Waals surface area contributed by atoms with E-state index in [4.69, 9.17) is 28.2 Å². The van der Waals surface area contributed by atoms with E-state index in [-0.39, 0.29) is 24.3 Å². The molecule has 186 valence electrons. The molecule has 0 fully saturated rings. The summed E-state index contributed by atoms with van der Waals surface area (Å²) in [5, 5.41) is 3.97. The zero-order valence-corrected chi connectivity index (χ0v) is 22.1. The third-order valence-corrected chi connectivity index (χ3v) is 7.09. The molecule has 2 atom stereocenters. The highest BCUT2D eigenvalue weighted by Gasteiger charge is 2.36. The average Bonchev–Trinajstić information content (AvgIpc) is 2.98. The van der Waals surface area contributed by atoms with E-state index in [0.717, 1.165) is 18.4 Å². The van der Waals surface area contributed by atoms with Crippen LogP contribution >= 0.6 is 23.2 Å². The van der Waals surface area contributed by atoms with Crippen molar-refractivity contribution in [2.75, 3.05) is 16.8 Å². The number of hydrogen-bond donors (Lipinski definition) is 1. The van der Waals surface area contributed by atoms with Gasteiger partial charge in [-0.2, -0.15) is 0 Å². The van der Waals surface area contributed by atoms with Gasteiger partial charge in [-0.3, -0.25) is 14.6 Å². The Morgan fingerprint density at radius 2 is 1.81 bits per heavy atom. The Bertz CT molecular complexity index is 1320. The molecule has 0 saturated carbocycles. The number of carbonyl (C=O) groups excluding carboxylic acids is 2. The maximum atomic E-state index is 13.9. The lowest BCUT2D eigenvalue weighted by atomic mass is 9.97. The van der Waals surface area contributed by atoms with Gasteiger partial charge in [0, 0.05) is 26.9 Å². The van der Waals surface area contributed by atoms with Gasteiger partial charge < -0.3 is 10.2 Å². The molecular formula is C29H29Cl2N3O2. The normalized spacial score (nSPS) is 16.1. The fraction of sp³-hybridized carbons (Fsp3) is 0.276. The summed E-state index contributed by atoms with van der Waals surface area (Å²) in [4.78, 5) is 33.6. The Labute approximate surface area is 222 Å². The summed E-state index contributed by atoms with van der Waals surface area (Å²) in [7, 11) is 0. The van der Waals surface area contributed by atoms with E-state index in [1.54, 1.807) is 24.3 Å². The first-order chi connectivity index (χ1) is 17.3. The predicted octanol–water partition coefficient (Wildman–Crippen LogP) is 6.79. The number of halogens is 2. The van der Waals surface area contributed by atoms with Gasteiger partial charge in [-0.05, 0) is 54.3 Å². The summed E-state index contributed by atoms with van der Waals surface area (Å²) < 4.78 is 0. The van der Waals surface area contributed by atoms with Crippen LogP contribution in [0.5, 0.6) is 0 Å². The number of aryl methyl sites for hydroxylation is 1. The number of amides is 2. The van der Waals surface area contributed by atoms with Crippen LogP contribution in [-0.4, -0.2) is 30.1 Å². The van der Waals surface area contributed by atoms with Crippen LogP contribution in [0.25, 0.3) is 0 Å². The summed E-state index contributed by atoms with van der Waals surface area (Å²) in [5.41, 5.74) is 4.36. The molecule has 3 aromatic rings.